The molecule has 22 heavy (non-hydrogen) atoms. The summed E-state index contributed by atoms with van der Waals surface area (Å²) in [7, 11) is 3.30. The molecule has 1 unspecified atom stereocenters. The van der Waals surface area contributed by atoms with Crippen molar-refractivity contribution in [2.45, 2.75) is 13.1 Å². The summed E-state index contributed by atoms with van der Waals surface area (Å²) >= 11 is 0. The fraction of sp³-hybridized carbons (Fsp3) is 0.333. The van der Waals surface area contributed by atoms with Crippen molar-refractivity contribution < 1.29 is 19.5 Å². The topological polar surface area (TPSA) is 43.1 Å². The Morgan fingerprint density at radius 2 is 1.68 bits per heavy atom. The SMILES string of the molecule is COc1cccc(C[NH+](CCO)Cc2ccccc2)c1OC. The largest absolute Gasteiger partial charge is 0.493 e. The van der Waals surface area contributed by atoms with Crippen LogP contribution in [0.2, 0.25) is 0 Å². The number of hydrogen-bond donors (Lipinski definition) is 2. The molecule has 0 aliphatic heterocycles. The van der Waals surface area contributed by atoms with Gasteiger partial charge in [-0.05, 0) is 12.1 Å². The summed E-state index contributed by atoms with van der Waals surface area (Å²) < 4.78 is 10.8. The van der Waals surface area contributed by atoms with Crippen LogP contribution in [-0.2, 0) is 13.1 Å². The number of rotatable bonds is 8. The van der Waals surface area contributed by atoms with E-state index in [-0.39, 0.29) is 6.61 Å². The summed E-state index contributed by atoms with van der Waals surface area (Å²) in [5.74, 6) is 1.51. The van der Waals surface area contributed by atoms with Crippen LogP contribution in [0.4, 0.5) is 0 Å². The van der Waals surface area contributed by atoms with Gasteiger partial charge in [0.1, 0.15) is 19.6 Å². The second kappa shape index (κ2) is 8.41. The fourth-order valence-corrected chi connectivity index (χ4v) is 2.64. The van der Waals surface area contributed by atoms with Gasteiger partial charge in [-0.1, -0.05) is 36.4 Å². The van der Waals surface area contributed by atoms with Gasteiger partial charge in [0.2, 0.25) is 0 Å². The van der Waals surface area contributed by atoms with E-state index in [9.17, 15) is 5.11 Å². The van der Waals surface area contributed by atoms with E-state index >= 15 is 0 Å². The Morgan fingerprint density at radius 3 is 2.32 bits per heavy atom. The van der Waals surface area contributed by atoms with E-state index in [1.807, 2.05) is 36.4 Å². The predicted molar refractivity (Wildman–Crippen MR) is 86.3 cm³/mol. The molecule has 0 bridgehead atoms. The molecular weight excluding hydrogens is 278 g/mol. The third-order valence-electron chi connectivity index (χ3n) is 3.69. The summed E-state index contributed by atoms with van der Waals surface area (Å²) in [5, 5.41) is 9.34. The van der Waals surface area contributed by atoms with Crippen LogP contribution in [0.25, 0.3) is 0 Å². The highest BCUT2D eigenvalue weighted by atomic mass is 16.5. The van der Waals surface area contributed by atoms with Gasteiger partial charge in [0.15, 0.2) is 11.5 Å². The summed E-state index contributed by atoms with van der Waals surface area (Å²) in [4.78, 5) is 1.28. The third kappa shape index (κ3) is 4.23. The first-order chi connectivity index (χ1) is 10.8. The van der Waals surface area contributed by atoms with Gasteiger partial charge < -0.3 is 19.5 Å². The molecule has 2 aromatic rings. The molecule has 2 rings (SSSR count). The van der Waals surface area contributed by atoms with Gasteiger partial charge in [-0.2, -0.15) is 0 Å². The van der Waals surface area contributed by atoms with Crippen molar-refractivity contribution in [3.8, 4) is 11.5 Å². The van der Waals surface area contributed by atoms with Crippen LogP contribution in [0.1, 0.15) is 11.1 Å². The summed E-state index contributed by atoms with van der Waals surface area (Å²) in [6.45, 7) is 2.49. The number of nitrogens with one attached hydrogen (secondary N) is 1. The van der Waals surface area contributed by atoms with Crippen molar-refractivity contribution in [3.63, 3.8) is 0 Å². The number of aliphatic hydroxyl groups is 1. The average molecular weight is 302 g/mol. The summed E-state index contributed by atoms with van der Waals surface area (Å²) in [5.41, 5.74) is 2.34. The van der Waals surface area contributed by atoms with Crippen LogP contribution in [0, 0.1) is 0 Å². The first-order valence-corrected chi connectivity index (χ1v) is 7.46. The van der Waals surface area contributed by atoms with E-state index in [1.54, 1.807) is 14.2 Å². The lowest BCUT2D eigenvalue weighted by molar-refractivity contribution is -0.927. The smallest absolute Gasteiger partial charge is 0.169 e. The number of ether oxygens (including phenoxy) is 2. The first-order valence-electron chi connectivity index (χ1n) is 7.46. The zero-order valence-electron chi connectivity index (χ0n) is 13.2. The molecule has 0 aromatic heterocycles. The van der Waals surface area contributed by atoms with E-state index < -0.39 is 0 Å². The normalized spacial score (nSPS) is 12.0. The molecule has 0 saturated carbocycles. The molecule has 4 heteroatoms. The minimum atomic E-state index is 0.161. The average Bonchev–Trinajstić information content (AvgIpc) is 2.55. The van der Waals surface area contributed by atoms with Gasteiger partial charge in [0, 0.05) is 5.56 Å². The lowest BCUT2D eigenvalue weighted by Crippen LogP contribution is -3.09. The van der Waals surface area contributed by atoms with Crippen LogP contribution in [0.5, 0.6) is 11.5 Å². The Balaban J connectivity index is 2.17. The van der Waals surface area contributed by atoms with E-state index in [1.165, 1.54) is 10.5 Å². The van der Waals surface area contributed by atoms with Crippen molar-refractivity contribution in [2.24, 2.45) is 0 Å². The van der Waals surface area contributed by atoms with Crippen molar-refractivity contribution in [1.82, 2.24) is 0 Å². The first kappa shape index (κ1) is 16.3. The molecule has 2 N–H and O–H groups in total. The van der Waals surface area contributed by atoms with Crippen molar-refractivity contribution >= 4 is 0 Å². The van der Waals surface area contributed by atoms with Gasteiger partial charge in [-0.25, -0.2) is 0 Å². The molecule has 0 aliphatic carbocycles. The van der Waals surface area contributed by atoms with Crippen molar-refractivity contribution in [2.75, 3.05) is 27.4 Å². The maximum Gasteiger partial charge on any atom is 0.169 e. The standard InChI is InChI=1S/C18H23NO3/c1-21-17-10-6-9-16(18(17)22-2)14-19(11-12-20)13-15-7-4-3-5-8-15/h3-10,20H,11-14H2,1-2H3/p+1. The monoisotopic (exact) mass is 302 g/mol. The molecule has 0 saturated heterocycles. The van der Waals surface area contributed by atoms with Crippen LogP contribution in [-0.4, -0.2) is 32.5 Å². The highest BCUT2D eigenvalue weighted by Crippen LogP contribution is 2.30. The second-order valence-electron chi connectivity index (χ2n) is 5.22. The molecule has 0 fully saturated rings. The molecular formula is C18H24NO3+. The predicted octanol–water partition coefficient (Wildman–Crippen LogP) is 1.28. The zero-order chi connectivity index (χ0) is 15.8. The number of aliphatic hydroxyl groups excluding tert-OH is 1. The zero-order valence-corrected chi connectivity index (χ0v) is 13.2. The van der Waals surface area contributed by atoms with Crippen LogP contribution in [0.3, 0.4) is 0 Å². The van der Waals surface area contributed by atoms with E-state index in [2.05, 4.69) is 12.1 Å². The molecule has 2 aromatic carbocycles. The molecule has 118 valence electrons. The maximum atomic E-state index is 9.34. The van der Waals surface area contributed by atoms with E-state index in [0.29, 0.717) is 6.54 Å². The Kier molecular flexibility index (Phi) is 6.25. The quantitative estimate of drug-likeness (QED) is 0.772. The fourth-order valence-electron chi connectivity index (χ4n) is 2.64. The van der Waals surface area contributed by atoms with Crippen LogP contribution < -0.4 is 14.4 Å². The Hall–Kier alpha value is -2.04. The van der Waals surface area contributed by atoms with Crippen molar-refractivity contribution in [3.05, 3.63) is 59.7 Å². The number of methoxy groups -OCH3 is 2. The van der Waals surface area contributed by atoms with E-state index in [4.69, 9.17) is 9.47 Å². The van der Waals surface area contributed by atoms with Gasteiger partial charge in [0.25, 0.3) is 0 Å². The summed E-state index contributed by atoms with van der Waals surface area (Å²) in [6, 6.07) is 16.2. The second-order valence-corrected chi connectivity index (χ2v) is 5.22. The Labute approximate surface area is 131 Å². The highest BCUT2D eigenvalue weighted by molar-refractivity contribution is 5.46. The molecule has 0 spiro atoms. The van der Waals surface area contributed by atoms with Gasteiger partial charge >= 0.3 is 0 Å². The van der Waals surface area contributed by atoms with Crippen molar-refractivity contribution in [1.29, 1.82) is 0 Å². The molecule has 0 radical (unpaired) electrons. The van der Waals surface area contributed by atoms with Crippen LogP contribution >= 0.6 is 0 Å². The minimum absolute atomic E-state index is 0.161. The molecule has 0 heterocycles. The van der Waals surface area contributed by atoms with Gasteiger partial charge in [-0.15, -0.1) is 0 Å². The number of benzene rings is 2. The number of hydrogen-bond acceptors (Lipinski definition) is 3. The van der Waals surface area contributed by atoms with Gasteiger partial charge in [-0.3, -0.25) is 0 Å². The molecule has 1 atom stereocenters. The maximum absolute atomic E-state index is 9.34. The minimum Gasteiger partial charge on any atom is -0.493 e. The Morgan fingerprint density at radius 1 is 0.909 bits per heavy atom. The number of para-hydroxylation sites is 1. The third-order valence-corrected chi connectivity index (χ3v) is 3.69. The Bertz CT molecular complexity index is 572. The van der Waals surface area contributed by atoms with Crippen LogP contribution in [0.15, 0.2) is 48.5 Å². The summed E-state index contributed by atoms with van der Waals surface area (Å²) in [6.07, 6.45) is 0. The lowest BCUT2D eigenvalue weighted by Gasteiger charge is -2.20. The van der Waals surface area contributed by atoms with Gasteiger partial charge in [0.05, 0.1) is 26.4 Å². The van der Waals surface area contributed by atoms with E-state index in [0.717, 1.165) is 30.2 Å². The molecule has 0 aliphatic rings. The lowest BCUT2D eigenvalue weighted by atomic mass is 10.1. The highest BCUT2D eigenvalue weighted by Gasteiger charge is 2.16. The molecule has 4 nitrogen and oxygen atoms in total. The number of quaternary nitrogens is 1. The molecule has 0 amide bonds.